The van der Waals surface area contributed by atoms with Crippen molar-refractivity contribution in [1.82, 2.24) is 0 Å². The normalized spacial score (nSPS) is 10.2. The number of carbonyl (C=O) groups is 1. The van der Waals surface area contributed by atoms with Crippen molar-refractivity contribution in [3.63, 3.8) is 0 Å². The van der Waals surface area contributed by atoms with Crippen LogP contribution in [0.15, 0.2) is 10.5 Å². The lowest BCUT2D eigenvalue weighted by Crippen LogP contribution is -2.11. The Bertz CT molecular complexity index is 437. The van der Waals surface area contributed by atoms with Gasteiger partial charge in [-0.25, -0.2) is 4.39 Å². The predicted octanol–water partition coefficient (Wildman–Crippen LogP) is 2.14. The summed E-state index contributed by atoms with van der Waals surface area (Å²) in [5, 5.41) is 0. The van der Waals surface area contributed by atoms with E-state index in [1.165, 1.54) is 20.3 Å². The van der Waals surface area contributed by atoms with Crippen molar-refractivity contribution in [1.29, 1.82) is 0 Å². The van der Waals surface area contributed by atoms with Gasteiger partial charge in [0.15, 0.2) is 23.1 Å². The van der Waals surface area contributed by atoms with Crippen LogP contribution in [0.4, 0.5) is 4.39 Å². The van der Waals surface area contributed by atoms with Gasteiger partial charge in [-0.15, -0.1) is 0 Å². The third kappa shape index (κ3) is 2.76. The molecule has 0 heterocycles. The average molecular weight is 306 g/mol. The van der Waals surface area contributed by atoms with E-state index in [0.29, 0.717) is 4.47 Å². The van der Waals surface area contributed by atoms with Crippen molar-refractivity contribution in [2.24, 2.45) is 5.73 Å². The van der Waals surface area contributed by atoms with Gasteiger partial charge in [0, 0.05) is 10.9 Å². The van der Waals surface area contributed by atoms with Gasteiger partial charge < -0.3 is 15.2 Å². The topological polar surface area (TPSA) is 61.5 Å². The largest absolute Gasteiger partial charge is 0.492 e. The monoisotopic (exact) mass is 305 g/mol. The highest BCUT2D eigenvalue weighted by Crippen LogP contribution is 2.39. The van der Waals surface area contributed by atoms with E-state index in [4.69, 9.17) is 15.2 Å². The summed E-state index contributed by atoms with van der Waals surface area (Å²) in [6.07, 6.45) is 0.156. The summed E-state index contributed by atoms with van der Waals surface area (Å²) in [6.45, 7) is 0.216. The number of halogens is 2. The zero-order valence-corrected chi connectivity index (χ0v) is 11.1. The van der Waals surface area contributed by atoms with Crippen LogP contribution in [0.25, 0.3) is 0 Å². The van der Waals surface area contributed by atoms with E-state index in [9.17, 15) is 9.18 Å². The van der Waals surface area contributed by atoms with Gasteiger partial charge in [0.2, 0.25) is 0 Å². The number of nitrogens with two attached hydrogens (primary N) is 1. The Labute approximate surface area is 107 Å². The molecule has 0 aromatic heterocycles. The molecule has 0 aliphatic carbocycles. The van der Waals surface area contributed by atoms with Crippen LogP contribution in [0.3, 0.4) is 0 Å². The summed E-state index contributed by atoms with van der Waals surface area (Å²) in [5.74, 6) is -0.830. The molecule has 0 saturated carbocycles. The maximum Gasteiger partial charge on any atom is 0.197 e. The van der Waals surface area contributed by atoms with Crippen LogP contribution in [0, 0.1) is 5.82 Å². The quantitative estimate of drug-likeness (QED) is 0.847. The van der Waals surface area contributed by atoms with E-state index >= 15 is 0 Å². The molecule has 0 radical (unpaired) electrons. The highest BCUT2D eigenvalue weighted by Gasteiger charge is 2.23. The highest BCUT2D eigenvalue weighted by molar-refractivity contribution is 9.10. The fourth-order valence-corrected chi connectivity index (χ4v) is 2.08. The first-order valence-corrected chi connectivity index (χ1v) is 5.69. The van der Waals surface area contributed by atoms with E-state index < -0.39 is 5.82 Å². The van der Waals surface area contributed by atoms with Gasteiger partial charge in [0.1, 0.15) is 0 Å². The Morgan fingerprint density at radius 3 is 2.47 bits per heavy atom. The number of hydrogen-bond donors (Lipinski definition) is 1. The molecular formula is C11H13BrFNO3. The molecule has 0 spiro atoms. The van der Waals surface area contributed by atoms with E-state index in [2.05, 4.69) is 15.9 Å². The molecule has 0 bridgehead atoms. The van der Waals surface area contributed by atoms with Crippen molar-refractivity contribution in [3.05, 3.63) is 21.9 Å². The first-order valence-electron chi connectivity index (χ1n) is 4.90. The summed E-state index contributed by atoms with van der Waals surface area (Å²) < 4.78 is 23.8. The van der Waals surface area contributed by atoms with Crippen LogP contribution in [-0.4, -0.2) is 26.5 Å². The lowest BCUT2D eigenvalue weighted by atomic mass is 10.1. The summed E-state index contributed by atoms with van der Waals surface area (Å²) in [5.41, 5.74) is 5.57. The van der Waals surface area contributed by atoms with Gasteiger partial charge in [0.05, 0.1) is 19.8 Å². The minimum Gasteiger partial charge on any atom is -0.492 e. The fourth-order valence-electron chi connectivity index (χ4n) is 1.48. The minimum absolute atomic E-state index is 0.0813. The molecule has 2 N–H and O–H groups in total. The summed E-state index contributed by atoms with van der Waals surface area (Å²) >= 11 is 3.14. The third-order valence-electron chi connectivity index (χ3n) is 2.20. The second kappa shape index (κ2) is 5.97. The Morgan fingerprint density at radius 2 is 2.00 bits per heavy atom. The van der Waals surface area contributed by atoms with Crippen molar-refractivity contribution in [2.75, 3.05) is 20.8 Å². The number of benzene rings is 1. The molecule has 1 aromatic carbocycles. The van der Waals surface area contributed by atoms with Crippen LogP contribution >= 0.6 is 15.9 Å². The van der Waals surface area contributed by atoms with E-state index in [0.717, 1.165) is 0 Å². The van der Waals surface area contributed by atoms with Crippen molar-refractivity contribution in [3.8, 4) is 11.5 Å². The number of carbonyl (C=O) groups excluding carboxylic acids is 1. The van der Waals surface area contributed by atoms with E-state index in [1.807, 2.05) is 0 Å². The highest BCUT2D eigenvalue weighted by atomic mass is 79.9. The summed E-state index contributed by atoms with van der Waals surface area (Å²) in [7, 11) is 2.66. The van der Waals surface area contributed by atoms with Gasteiger partial charge in [-0.2, -0.15) is 0 Å². The van der Waals surface area contributed by atoms with Gasteiger partial charge >= 0.3 is 0 Å². The molecule has 1 rings (SSSR count). The first kappa shape index (κ1) is 13.9. The molecule has 0 fully saturated rings. The molecule has 1 aromatic rings. The summed E-state index contributed by atoms with van der Waals surface area (Å²) in [6, 6.07) is 1.17. The number of ketones is 1. The van der Waals surface area contributed by atoms with Crippen LogP contribution in [0.2, 0.25) is 0 Å². The number of Topliss-reactive ketones (excluding diaryl/α,β-unsaturated/α-hetero) is 1. The van der Waals surface area contributed by atoms with Crippen molar-refractivity contribution >= 4 is 21.7 Å². The molecular weight excluding hydrogens is 293 g/mol. The van der Waals surface area contributed by atoms with Gasteiger partial charge in [-0.1, -0.05) is 0 Å². The molecule has 17 heavy (non-hydrogen) atoms. The third-order valence-corrected chi connectivity index (χ3v) is 2.83. The first-order chi connectivity index (χ1) is 8.06. The van der Waals surface area contributed by atoms with Crippen molar-refractivity contribution < 1.29 is 18.7 Å². The van der Waals surface area contributed by atoms with Crippen molar-refractivity contribution in [2.45, 2.75) is 6.42 Å². The second-order valence-electron chi connectivity index (χ2n) is 3.24. The number of methoxy groups -OCH3 is 2. The lowest BCUT2D eigenvalue weighted by molar-refractivity contribution is 0.0981. The fraction of sp³-hybridized carbons (Fsp3) is 0.364. The van der Waals surface area contributed by atoms with Gasteiger partial charge in [-0.05, 0) is 28.5 Å². The summed E-state index contributed by atoms with van der Waals surface area (Å²) in [4.78, 5) is 11.9. The molecule has 0 aliphatic heterocycles. The maximum atomic E-state index is 13.6. The Hall–Kier alpha value is -1.14. The second-order valence-corrected chi connectivity index (χ2v) is 4.10. The average Bonchev–Trinajstić information content (AvgIpc) is 2.28. The predicted molar refractivity (Wildman–Crippen MR) is 65.2 cm³/mol. The zero-order chi connectivity index (χ0) is 13.0. The van der Waals surface area contributed by atoms with Crippen LogP contribution in [0.1, 0.15) is 16.8 Å². The molecule has 6 heteroatoms. The van der Waals surface area contributed by atoms with Gasteiger partial charge in [-0.3, -0.25) is 4.79 Å². The van der Waals surface area contributed by atoms with Crippen LogP contribution in [-0.2, 0) is 0 Å². The van der Waals surface area contributed by atoms with E-state index in [1.54, 1.807) is 0 Å². The smallest absolute Gasteiger partial charge is 0.197 e. The Balaban J connectivity index is 3.41. The SMILES string of the molecule is COc1c(F)cc(Br)c(C(=O)CCN)c1OC. The van der Waals surface area contributed by atoms with Crippen LogP contribution < -0.4 is 15.2 Å². The molecule has 4 nitrogen and oxygen atoms in total. The van der Waals surface area contributed by atoms with Gasteiger partial charge in [0.25, 0.3) is 0 Å². The molecule has 0 saturated heterocycles. The molecule has 0 unspecified atom stereocenters. The number of ether oxygens (including phenoxy) is 2. The maximum absolute atomic E-state index is 13.6. The molecule has 0 aliphatic rings. The number of rotatable bonds is 5. The number of hydrogen-bond acceptors (Lipinski definition) is 4. The zero-order valence-electron chi connectivity index (χ0n) is 9.55. The Kier molecular flexibility index (Phi) is 4.89. The Morgan fingerprint density at radius 1 is 1.41 bits per heavy atom. The lowest BCUT2D eigenvalue weighted by Gasteiger charge is -2.14. The van der Waals surface area contributed by atoms with E-state index in [-0.39, 0.29) is 35.8 Å². The van der Waals surface area contributed by atoms with Crippen LogP contribution in [0.5, 0.6) is 11.5 Å². The minimum atomic E-state index is -0.597. The standard InChI is InChI=1S/C11H13BrFNO3/c1-16-10-7(13)5-6(12)9(11(10)17-2)8(15)3-4-14/h5H,3-4,14H2,1-2H3. The molecule has 0 amide bonds. The molecule has 94 valence electrons. The molecule has 0 atom stereocenters.